The molecule has 1 N–H and O–H groups in total. The van der Waals surface area contributed by atoms with Gasteiger partial charge in [-0.2, -0.15) is 5.26 Å². The highest BCUT2D eigenvalue weighted by Gasteiger charge is 2.10. The van der Waals surface area contributed by atoms with Crippen molar-refractivity contribution < 1.29 is 14.2 Å². The molecule has 0 saturated carbocycles. The lowest BCUT2D eigenvalue weighted by Gasteiger charge is -2.13. The maximum atomic E-state index is 13.2. The number of ether oxygens (including phenoxy) is 1. The number of hydrogen-bond acceptors (Lipinski definition) is 3. The average Bonchev–Trinajstić information content (AvgIpc) is 2.48. The van der Waals surface area contributed by atoms with E-state index in [1.807, 2.05) is 6.07 Å². The Morgan fingerprint density at radius 3 is 2.80 bits per heavy atom. The molecule has 0 aromatic heterocycles. The number of nitrogens with zero attached hydrogens (tertiary/aromatic N) is 1. The minimum absolute atomic E-state index is 0.0135. The maximum absolute atomic E-state index is 13.2. The van der Waals surface area contributed by atoms with Crippen molar-refractivity contribution in [3.05, 3.63) is 64.4 Å². The lowest BCUT2D eigenvalue weighted by Crippen LogP contribution is -2.10. The van der Waals surface area contributed by atoms with Crippen LogP contribution in [-0.4, -0.2) is 11.7 Å². The van der Waals surface area contributed by atoms with Crippen molar-refractivity contribution in [2.24, 2.45) is 0 Å². The van der Waals surface area contributed by atoms with Gasteiger partial charge >= 0.3 is 0 Å². The van der Waals surface area contributed by atoms with Crippen LogP contribution in [-0.2, 0) is 0 Å². The summed E-state index contributed by atoms with van der Waals surface area (Å²) in [6.07, 6.45) is -0.901. The summed E-state index contributed by atoms with van der Waals surface area (Å²) in [5, 5.41) is 18.8. The first-order valence-electron chi connectivity index (χ1n) is 5.86. The lowest BCUT2D eigenvalue weighted by atomic mass is 10.1. The molecule has 0 aliphatic carbocycles. The predicted molar refractivity (Wildman–Crippen MR) is 73.0 cm³/mol. The highest BCUT2D eigenvalue weighted by Crippen LogP contribution is 2.22. The summed E-state index contributed by atoms with van der Waals surface area (Å²) in [6, 6.07) is 12.6. The van der Waals surface area contributed by atoms with E-state index < -0.39 is 11.9 Å². The zero-order valence-electron chi connectivity index (χ0n) is 10.4. The monoisotopic (exact) mass is 291 g/mol. The topological polar surface area (TPSA) is 53.2 Å². The molecule has 20 heavy (non-hydrogen) atoms. The van der Waals surface area contributed by atoms with E-state index in [0.717, 1.165) is 6.07 Å². The van der Waals surface area contributed by atoms with Crippen molar-refractivity contribution in [3.8, 4) is 11.8 Å². The maximum Gasteiger partial charge on any atom is 0.145 e. The standard InChI is InChI=1S/C15H11ClFNO2/c16-13-5-4-12(7-14(13)17)20-9-15(19)11-3-1-2-10(6-11)8-18/h1-7,15,19H,9H2. The summed E-state index contributed by atoms with van der Waals surface area (Å²) in [4.78, 5) is 0. The van der Waals surface area contributed by atoms with Crippen LogP contribution in [0.1, 0.15) is 17.2 Å². The van der Waals surface area contributed by atoms with Gasteiger partial charge in [0.2, 0.25) is 0 Å². The molecule has 3 nitrogen and oxygen atoms in total. The van der Waals surface area contributed by atoms with Gasteiger partial charge in [-0.15, -0.1) is 0 Å². The number of halogens is 2. The molecule has 0 fully saturated rings. The minimum atomic E-state index is -0.901. The van der Waals surface area contributed by atoms with Crippen LogP contribution in [0, 0.1) is 17.1 Å². The van der Waals surface area contributed by atoms with Gasteiger partial charge < -0.3 is 9.84 Å². The molecule has 2 aromatic carbocycles. The summed E-state index contributed by atoms with van der Waals surface area (Å²) in [7, 11) is 0. The Labute approximate surface area is 120 Å². The Balaban J connectivity index is 2.02. The van der Waals surface area contributed by atoms with Gasteiger partial charge in [0.05, 0.1) is 16.7 Å². The predicted octanol–water partition coefficient (Wildman–Crippen LogP) is 3.46. The van der Waals surface area contributed by atoms with E-state index in [2.05, 4.69) is 0 Å². The molecule has 0 aliphatic heterocycles. The molecule has 1 unspecified atom stereocenters. The molecule has 0 amide bonds. The van der Waals surface area contributed by atoms with Gasteiger partial charge in [-0.05, 0) is 29.8 Å². The summed E-state index contributed by atoms with van der Waals surface area (Å²) in [5.74, 6) is -0.299. The van der Waals surface area contributed by atoms with Crippen molar-refractivity contribution in [1.29, 1.82) is 5.26 Å². The van der Waals surface area contributed by atoms with E-state index in [9.17, 15) is 9.50 Å². The van der Waals surface area contributed by atoms with Gasteiger partial charge in [-0.25, -0.2) is 4.39 Å². The minimum Gasteiger partial charge on any atom is -0.490 e. The van der Waals surface area contributed by atoms with Crippen LogP contribution in [0.4, 0.5) is 4.39 Å². The van der Waals surface area contributed by atoms with Crippen molar-refractivity contribution in [1.82, 2.24) is 0 Å². The normalized spacial score (nSPS) is 11.7. The zero-order valence-corrected chi connectivity index (χ0v) is 11.1. The summed E-state index contributed by atoms with van der Waals surface area (Å²) in [6.45, 7) is -0.0457. The third-order valence-corrected chi connectivity index (χ3v) is 3.01. The zero-order chi connectivity index (χ0) is 14.5. The smallest absolute Gasteiger partial charge is 0.145 e. The van der Waals surface area contributed by atoms with E-state index in [1.165, 1.54) is 12.1 Å². The first-order chi connectivity index (χ1) is 9.60. The molecular formula is C15H11ClFNO2. The summed E-state index contributed by atoms with van der Waals surface area (Å²) < 4.78 is 18.5. The fraction of sp³-hybridized carbons (Fsp3) is 0.133. The Hall–Kier alpha value is -2.09. The molecular weight excluding hydrogens is 281 g/mol. The molecule has 0 aliphatic rings. The average molecular weight is 292 g/mol. The second-order valence-electron chi connectivity index (χ2n) is 4.14. The van der Waals surface area contributed by atoms with Crippen molar-refractivity contribution in [2.45, 2.75) is 6.10 Å². The quantitative estimate of drug-likeness (QED) is 0.938. The number of benzene rings is 2. The van der Waals surface area contributed by atoms with Gasteiger partial charge in [0, 0.05) is 6.07 Å². The second-order valence-corrected chi connectivity index (χ2v) is 4.55. The SMILES string of the molecule is N#Cc1cccc(C(O)COc2ccc(Cl)c(F)c2)c1. The Morgan fingerprint density at radius 2 is 2.10 bits per heavy atom. The molecule has 0 bridgehead atoms. The van der Waals surface area contributed by atoms with E-state index in [-0.39, 0.29) is 17.4 Å². The van der Waals surface area contributed by atoms with Crippen LogP contribution in [0.3, 0.4) is 0 Å². The fourth-order valence-electron chi connectivity index (χ4n) is 1.65. The lowest BCUT2D eigenvalue weighted by molar-refractivity contribution is 0.108. The Morgan fingerprint density at radius 1 is 1.30 bits per heavy atom. The highest BCUT2D eigenvalue weighted by molar-refractivity contribution is 6.30. The van der Waals surface area contributed by atoms with Gasteiger partial charge in [0.25, 0.3) is 0 Å². The number of hydrogen-bond donors (Lipinski definition) is 1. The molecule has 2 aromatic rings. The van der Waals surface area contributed by atoms with Gasteiger partial charge in [0.15, 0.2) is 0 Å². The molecule has 0 radical (unpaired) electrons. The largest absolute Gasteiger partial charge is 0.490 e. The molecule has 0 saturated heterocycles. The number of rotatable bonds is 4. The van der Waals surface area contributed by atoms with E-state index >= 15 is 0 Å². The fourth-order valence-corrected chi connectivity index (χ4v) is 1.77. The Bertz CT molecular complexity index is 655. The number of nitriles is 1. The van der Waals surface area contributed by atoms with E-state index in [0.29, 0.717) is 11.1 Å². The van der Waals surface area contributed by atoms with Crippen LogP contribution in [0.5, 0.6) is 5.75 Å². The Kier molecular flexibility index (Phi) is 4.57. The van der Waals surface area contributed by atoms with Crippen LogP contribution in [0.2, 0.25) is 5.02 Å². The van der Waals surface area contributed by atoms with Gasteiger partial charge in [-0.3, -0.25) is 0 Å². The van der Waals surface area contributed by atoms with Crippen molar-refractivity contribution in [3.63, 3.8) is 0 Å². The molecule has 0 heterocycles. The van der Waals surface area contributed by atoms with Crippen molar-refractivity contribution in [2.75, 3.05) is 6.61 Å². The first-order valence-corrected chi connectivity index (χ1v) is 6.24. The van der Waals surface area contributed by atoms with Crippen LogP contribution >= 0.6 is 11.6 Å². The molecule has 5 heteroatoms. The van der Waals surface area contributed by atoms with Crippen LogP contribution < -0.4 is 4.74 Å². The molecule has 1 atom stereocenters. The first kappa shape index (κ1) is 14.3. The van der Waals surface area contributed by atoms with Gasteiger partial charge in [0.1, 0.15) is 24.3 Å². The third-order valence-electron chi connectivity index (χ3n) is 2.70. The number of aliphatic hydroxyl groups is 1. The van der Waals surface area contributed by atoms with E-state index in [4.69, 9.17) is 21.6 Å². The second kappa shape index (κ2) is 6.38. The molecule has 102 valence electrons. The summed E-state index contributed by atoms with van der Waals surface area (Å²) in [5.41, 5.74) is 1.03. The van der Waals surface area contributed by atoms with E-state index in [1.54, 1.807) is 24.3 Å². The van der Waals surface area contributed by atoms with Crippen molar-refractivity contribution >= 4 is 11.6 Å². The molecule has 0 spiro atoms. The number of aliphatic hydroxyl groups excluding tert-OH is 1. The summed E-state index contributed by atoms with van der Waals surface area (Å²) >= 11 is 5.56. The van der Waals surface area contributed by atoms with Crippen LogP contribution in [0.25, 0.3) is 0 Å². The third kappa shape index (κ3) is 3.47. The molecule has 2 rings (SSSR count). The highest BCUT2D eigenvalue weighted by atomic mass is 35.5. The van der Waals surface area contributed by atoms with Gasteiger partial charge in [-0.1, -0.05) is 23.7 Å². The van der Waals surface area contributed by atoms with Crippen LogP contribution in [0.15, 0.2) is 42.5 Å².